The summed E-state index contributed by atoms with van der Waals surface area (Å²) in [5.74, 6) is -1.94. The minimum absolute atomic E-state index is 0.0891. The molecule has 1 saturated heterocycles. The molecule has 2 heterocycles. The van der Waals surface area contributed by atoms with Gasteiger partial charge in [0.25, 0.3) is 0 Å². The Morgan fingerprint density at radius 3 is 2.69 bits per heavy atom. The molecule has 1 unspecified atom stereocenters. The second-order valence-electron chi connectivity index (χ2n) is 10.6. The maximum Gasteiger partial charge on any atom is 0.319 e. The topological polar surface area (TPSA) is 117 Å². The highest BCUT2D eigenvalue weighted by Crippen LogP contribution is 2.47. The third-order valence-corrected chi connectivity index (χ3v) is 6.70. The van der Waals surface area contributed by atoms with Crippen LogP contribution in [-0.2, 0) is 10.2 Å². The van der Waals surface area contributed by atoms with Crippen molar-refractivity contribution in [1.82, 2.24) is 10.2 Å². The van der Waals surface area contributed by atoms with Gasteiger partial charge in [-0.1, -0.05) is 39.0 Å². The zero-order valence-electron chi connectivity index (χ0n) is 20.3. The summed E-state index contributed by atoms with van der Waals surface area (Å²) in [5, 5.41) is 29.2. The molecule has 10 heteroatoms. The first-order chi connectivity index (χ1) is 16.9. The number of nitrogens with one attached hydrogen (secondary N) is 3. The Balaban J connectivity index is 1.58. The molecule has 3 amide bonds. The van der Waals surface area contributed by atoms with E-state index in [1.807, 2.05) is 39.0 Å². The van der Waals surface area contributed by atoms with E-state index in [4.69, 9.17) is 0 Å². The molecule has 0 bridgehead atoms. The maximum atomic E-state index is 14.0. The van der Waals surface area contributed by atoms with Crippen molar-refractivity contribution in [2.24, 2.45) is 5.41 Å². The van der Waals surface area contributed by atoms with Gasteiger partial charge in [-0.3, -0.25) is 9.69 Å². The van der Waals surface area contributed by atoms with Gasteiger partial charge in [0.15, 0.2) is 0 Å². The molecule has 1 spiro atoms. The van der Waals surface area contributed by atoms with Crippen LogP contribution in [0.4, 0.5) is 25.0 Å². The van der Waals surface area contributed by atoms with Crippen LogP contribution in [0.5, 0.6) is 0 Å². The Hall–Kier alpha value is -3.55. The molecule has 2 aromatic carbocycles. The van der Waals surface area contributed by atoms with Crippen molar-refractivity contribution in [1.29, 1.82) is 5.26 Å². The molecule has 8 nitrogen and oxygen atoms in total. The number of fused-ring (bicyclic) bond motifs is 2. The van der Waals surface area contributed by atoms with E-state index in [0.717, 1.165) is 17.7 Å². The molecule has 4 rings (SSSR count). The van der Waals surface area contributed by atoms with Gasteiger partial charge in [-0.05, 0) is 42.0 Å². The quantitative estimate of drug-likeness (QED) is 0.503. The number of nitrogens with zero attached hydrogens (tertiary/aromatic N) is 2. The summed E-state index contributed by atoms with van der Waals surface area (Å²) in [6.07, 6.45) is -0.797. The molecule has 2 aliphatic heterocycles. The van der Waals surface area contributed by atoms with E-state index >= 15 is 0 Å². The number of benzene rings is 2. The summed E-state index contributed by atoms with van der Waals surface area (Å²) in [5.41, 5.74) is -0.0942. The van der Waals surface area contributed by atoms with Gasteiger partial charge in [0.2, 0.25) is 5.91 Å². The van der Waals surface area contributed by atoms with Gasteiger partial charge in [0.05, 0.1) is 23.2 Å². The Kier molecular flexibility index (Phi) is 6.73. The largest absolute Gasteiger partial charge is 0.376 e. The number of anilines is 2. The Labute approximate surface area is 208 Å². The number of aliphatic hydroxyl groups is 1. The first kappa shape index (κ1) is 25.5. The number of hydrogen-bond donors (Lipinski definition) is 4. The number of likely N-dealkylation sites (tertiary alicyclic amines) is 1. The van der Waals surface area contributed by atoms with Gasteiger partial charge < -0.3 is 21.1 Å². The number of rotatable bonds is 5. The lowest BCUT2D eigenvalue weighted by atomic mass is 9.80. The van der Waals surface area contributed by atoms with Crippen molar-refractivity contribution >= 4 is 23.3 Å². The van der Waals surface area contributed by atoms with Gasteiger partial charge in [0.1, 0.15) is 23.9 Å². The van der Waals surface area contributed by atoms with Gasteiger partial charge >= 0.3 is 6.03 Å². The van der Waals surface area contributed by atoms with Crippen molar-refractivity contribution in [2.45, 2.75) is 57.3 Å². The summed E-state index contributed by atoms with van der Waals surface area (Å²) in [6.45, 7) is 5.88. The smallest absolute Gasteiger partial charge is 0.319 e. The van der Waals surface area contributed by atoms with Crippen LogP contribution in [-0.4, -0.2) is 46.8 Å². The molecule has 0 radical (unpaired) electrons. The summed E-state index contributed by atoms with van der Waals surface area (Å²) < 4.78 is 27.2. The molecule has 2 aliphatic rings. The number of carbonyl (C=O) groups excluding carboxylic acids is 2. The fourth-order valence-electron chi connectivity index (χ4n) is 5.10. The third-order valence-electron chi connectivity index (χ3n) is 6.70. The number of aliphatic hydroxyl groups excluding tert-OH is 1. The van der Waals surface area contributed by atoms with Gasteiger partial charge in [-0.15, -0.1) is 0 Å². The van der Waals surface area contributed by atoms with Crippen molar-refractivity contribution in [2.75, 3.05) is 17.2 Å². The second-order valence-corrected chi connectivity index (χ2v) is 10.6. The van der Waals surface area contributed by atoms with Crippen molar-refractivity contribution in [3.05, 3.63) is 59.7 Å². The Bertz CT molecular complexity index is 1220. The number of urea groups is 1. The van der Waals surface area contributed by atoms with Gasteiger partial charge in [-0.25, -0.2) is 13.6 Å². The highest BCUT2D eigenvalue weighted by atomic mass is 19.1. The van der Waals surface area contributed by atoms with Gasteiger partial charge in [0, 0.05) is 18.3 Å². The first-order valence-electron chi connectivity index (χ1n) is 11.7. The predicted molar refractivity (Wildman–Crippen MR) is 130 cm³/mol. The molecular weight excluding hydrogens is 468 g/mol. The maximum absolute atomic E-state index is 14.0. The summed E-state index contributed by atoms with van der Waals surface area (Å²) in [6, 6.07) is 9.81. The van der Waals surface area contributed by atoms with Crippen LogP contribution in [0.3, 0.4) is 0 Å². The van der Waals surface area contributed by atoms with E-state index in [1.165, 1.54) is 4.90 Å². The molecular formula is C26H29F2N5O3. The average Bonchev–Trinajstić information content (AvgIpc) is 3.32. The van der Waals surface area contributed by atoms with E-state index < -0.39 is 41.4 Å². The zero-order chi connectivity index (χ0) is 26.3. The van der Waals surface area contributed by atoms with E-state index in [2.05, 4.69) is 22.0 Å². The normalized spacial score (nSPS) is 23.0. The molecule has 4 atom stereocenters. The number of carbonyl (C=O) groups is 2. The van der Waals surface area contributed by atoms with Crippen LogP contribution in [0.15, 0.2) is 42.5 Å². The molecule has 2 aromatic rings. The van der Waals surface area contributed by atoms with Crippen LogP contribution in [0.25, 0.3) is 0 Å². The fourth-order valence-corrected chi connectivity index (χ4v) is 5.10. The summed E-state index contributed by atoms with van der Waals surface area (Å²) in [7, 11) is 0. The summed E-state index contributed by atoms with van der Waals surface area (Å²) in [4.78, 5) is 27.3. The minimum atomic E-state index is -1.31. The third kappa shape index (κ3) is 4.90. The highest BCUT2D eigenvalue weighted by Gasteiger charge is 2.56. The van der Waals surface area contributed by atoms with E-state index in [1.54, 1.807) is 6.07 Å². The molecule has 190 valence electrons. The lowest BCUT2D eigenvalue weighted by molar-refractivity contribution is -0.120. The van der Waals surface area contributed by atoms with Crippen molar-refractivity contribution in [3.63, 3.8) is 0 Å². The molecule has 0 aromatic heterocycles. The lowest BCUT2D eigenvalue weighted by Gasteiger charge is -2.36. The van der Waals surface area contributed by atoms with Gasteiger partial charge in [-0.2, -0.15) is 5.26 Å². The fraction of sp³-hybridized carbons (Fsp3) is 0.423. The monoisotopic (exact) mass is 497 g/mol. The van der Waals surface area contributed by atoms with E-state index in [0.29, 0.717) is 18.2 Å². The number of nitriles is 1. The van der Waals surface area contributed by atoms with Crippen LogP contribution in [0.1, 0.15) is 39.2 Å². The molecule has 1 fully saturated rings. The number of para-hydroxylation sites is 1. The van der Waals surface area contributed by atoms with Crippen molar-refractivity contribution in [3.8, 4) is 6.07 Å². The zero-order valence-corrected chi connectivity index (χ0v) is 20.3. The molecule has 36 heavy (non-hydrogen) atoms. The highest BCUT2D eigenvalue weighted by molar-refractivity contribution is 6.06. The number of halogens is 2. The molecule has 4 N–H and O–H groups in total. The average molecular weight is 498 g/mol. The Morgan fingerprint density at radius 1 is 1.31 bits per heavy atom. The first-order valence-corrected chi connectivity index (χ1v) is 11.7. The van der Waals surface area contributed by atoms with E-state index in [9.17, 15) is 28.7 Å². The minimum Gasteiger partial charge on any atom is -0.376 e. The second kappa shape index (κ2) is 9.48. The standard InChI is InChI=1S/C26H29F2N5O3/c1-25(2,3)12-21(32-24(36)31-20-9-8-15(27)10-18(20)28)22(34)33-14-26(11-16(33)13-29)17-6-4-5-7-19(17)30-23(26)35/h4-10,16,21-22,34H,11-12,14H2,1-3H3,(H,30,35)(H2,31,32,36)/t16-,21-,22?,26-/m0/s1. The molecule has 0 aliphatic carbocycles. The molecule has 0 saturated carbocycles. The summed E-state index contributed by atoms with van der Waals surface area (Å²) >= 11 is 0. The predicted octanol–water partition coefficient (Wildman–Crippen LogP) is 3.70. The van der Waals surface area contributed by atoms with Crippen LogP contribution in [0, 0.1) is 28.4 Å². The van der Waals surface area contributed by atoms with Crippen LogP contribution in [0.2, 0.25) is 0 Å². The van der Waals surface area contributed by atoms with Crippen LogP contribution < -0.4 is 16.0 Å². The number of amides is 3. The number of hydrogen-bond acceptors (Lipinski definition) is 5. The van der Waals surface area contributed by atoms with E-state index in [-0.39, 0.29) is 30.0 Å². The Morgan fingerprint density at radius 2 is 2.03 bits per heavy atom. The van der Waals surface area contributed by atoms with Crippen molar-refractivity contribution < 1.29 is 23.5 Å². The lowest BCUT2D eigenvalue weighted by Crippen LogP contribution is -2.55. The SMILES string of the molecule is CC(C)(C)C[C@H](NC(=O)Nc1ccc(F)cc1F)C(O)N1C[C@]2(C[C@H]1C#N)C(=O)Nc1ccccc12. The van der Waals surface area contributed by atoms with Crippen LogP contribution >= 0.6 is 0 Å².